The first kappa shape index (κ1) is 19.0. The summed E-state index contributed by atoms with van der Waals surface area (Å²) in [5, 5.41) is 8.46. The van der Waals surface area contributed by atoms with Gasteiger partial charge in [0.25, 0.3) is 0 Å². The number of aryl methyl sites for hydroxylation is 1. The molecule has 1 aliphatic rings. The number of likely N-dealkylation sites (tertiary alicyclic amines) is 1. The number of aromatic amines is 1. The van der Waals surface area contributed by atoms with Crippen LogP contribution in [0, 0.1) is 6.92 Å². The minimum absolute atomic E-state index is 0.300. The van der Waals surface area contributed by atoms with E-state index in [4.69, 9.17) is 10.5 Å². The molecule has 28 heavy (non-hydrogen) atoms. The molecule has 2 aromatic heterocycles. The molecule has 0 aliphatic carbocycles. The van der Waals surface area contributed by atoms with Crippen molar-refractivity contribution >= 4 is 11.3 Å². The second kappa shape index (κ2) is 8.38. The molecule has 148 valence electrons. The van der Waals surface area contributed by atoms with E-state index in [2.05, 4.69) is 32.1 Å². The van der Waals surface area contributed by atoms with E-state index in [1.165, 1.54) is 0 Å². The molecular weight excluding hydrogens is 372 g/mol. The van der Waals surface area contributed by atoms with Gasteiger partial charge in [0.15, 0.2) is 11.6 Å². The summed E-state index contributed by atoms with van der Waals surface area (Å²) in [4.78, 5) is 12.6. The molecule has 3 N–H and O–H groups in total. The van der Waals surface area contributed by atoms with Gasteiger partial charge in [-0.1, -0.05) is 0 Å². The topological polar surface area (TPSA) is 92.9 Å². The Morgan fingerprint density at radius 3 is 2.68 bits per heavy atom. The molecule has 1 aliphatic heterocycles. The lowest BCUT2D eigenvalue weighted by atomic mass is 10.1. The number of piperidine rings is 1. The normalized spacial score (nSPS) is 15.8. The molecule has 0 amide bonds. The number of nitrogens with one attached hydrogen (secondary N) is 1. The number of benzene rings is 1. The number of nitrogens with zero attached hydrogens (tertiary/aromatic N) is 4. The van der Waals surface area contributed by atoms with E-state index in [0.717, 1.165) is 65.1 Å². The summed E-state index contributed by atoms with van der Waals surface area (Å²) < 4.78 is 6.12. The zero-order valence-corrected chi connectivity index (χ0v) is 17.1. The first-order valence-electron chi connectivity index (χ1n) is 9.67. The van der Waals surface area contributed by atoms with Crippen LogP contribution in [0.1, 0.15) is 23.5 Å². The zero-order valence-electron chi connectivity index (χ0n) is 16.3. The summed E-state index contributed by atoms with van der Waals surface area (Å²) in [6.07, 6.45) is 3.23. The van der Waals surface area contributed by atoms with Gasteiger partial charge in [0.1, 0.15) is 11.9 Å². The van der Waals surface area contributed by atoms with Crippen LogP contribution < -0.4 is 10.5 Å². The Morgan fingerprint density at radius 2 is 1.96 bits per heavy atom. The molecule has 4 rings (SSSR count). The Hall–Kier alpha value is -2.29. The molecule has 3 aromatic rings. The van der Waals surface area contributed by atoms with Crippen LogP contribution in [-0.4, -0.2) is 57.9 Å². The maximum absolute atomic E-state index is 6.12. The van der Waals surface area contributed by atoms with Gasteiger partial charge in [-0.2, -0.15) is 5.10 Å². The Bertz CT molecular complexity index is 911. The summed E-state index contributed by atoms with van der Waals surface area (Å²) in [5.41, 5.74) is 7.55. The van der Waals surface area contributed by atoms with Crippen molar-refractivity contribution in [1.82, 2.24) is 25.1 Å². The highest BCUT2D eigenvalue weighted by Gasteiger charge is 2.18. The summed E-state index contributed by atoms with van der Waals surface area (Å²) in [5.74, 6) is 2.33. The fourth-order valence-electron chi connectivity index (χ4n) is 3.37. The Kier molecular flexibility index (Phi) is 5.70. The van der Waals surface area contributed by atoms with Gasteiger partial charge in [0.2, 0.25) is 0 Å². The molecule has 7 nitrogen and oxygen atoms in total. The van der Waals surface area contributed by atoms with Crippen LogP contribution in [0.15, 0.2) is 24.3 Å². The standard InChI is InChI=1S/C20H26N6OS/c1-13-18(28-17(22-13)7-10-21)20-23-19(24-25-20)14-3-5-15(6-4-14)27-16-8-11-26(2)12-9-16/h3-6,16H,7-12,21H2,1-2H3,(H,23,24,25). The van der Waals surface area contributed by atoms with Crippen molar-refractivity contribution in [3.63, 3.8) is 0 Å². The fraction of sp³-hybridized carbons (Fsp3) is 0.450. The van der Waals surface area contributed by atoms with Gasteiger partial charge < -0.3 is 15.4 Å². The van der Waals surface area contributed by atoms with E-state index >= 15 is 0 Å². The molecule has 8 heteroatoms. The third-order valence-electron chi connectivity index (χ3n) is 4.98. The number of rotatable bonds is 6. The minimum Gasteiger partial charge on any atom is -0.490 e. The van der Waals surface area contributed by atoms with Gasteiger partial charge >= 0.3 is 0 Å². The number of hydrogen-bond acceptors (Lipinski definition) is 7. The molecule has 1 aromatic carbocycles. The maximum atomic E-state index is 6.12. The molecular formula is C20H26N6OS. The monoisotopic (exact) mass is 398 g/mol. The molecule has 1 saturated heterocycles. The summed E-state index contributed by atoms with van der Waals surface area (Å²) in [6.45, 7) is 4.77. The number of hydrogen-bond donors (Lipinski definition) is 2. The lowest BCUT2D eigenvalue weighted by molar-refractivity contribution is 0.114. The van der Waals surface area contributed by atoms with Gasteiger partial charge in [-0.3, -0.25) is 5.10 Å². The molecule has 0 bridgehead atoms. The van der Waals surface area contributed by atoms with E-state index in [1.807, 2.05) is 31.2 Å². The molecule has 1 fully saturated rings. The zero-order chi connectivity index (χ0) is 19.5. The third-order valence-corrected chi connectivity index (χ3v) is 6.20. The van der Waals surface area contributed by atoms with Crippen LogP contribution in [0.3, 0.4) is 0 Å². The first-order valence-corrected chi connectivity index (χ1v) is 10.5. The van der Waals surface area contributed by atoms with Gasteiger partial charge in [-0.05, 0) is 57.6 Å². The Morgan fingerprint density at radius 1 is 1.21 bits per heavy atom. The van der Waals surface area contributed by atoms with E-state index in [0.29, 0.717) is 18.5 Å². The molecule has 0 radical (unpaired) electrons. The van der Waals surface area contributed by atoms with Crippen molar-refractivity contribution in [2.24, 2.45) is 5.73 Å². The lowest BCUT2D eigenvalue weighted by Gasteiger charge is -2.29. The number of aromatic nitrogens is 4. The Labute approximate surface area is 169 Å². The van der Waals surface area contributed by atoms with Crippen molar-refractivity contribution in [3.8, 4) is 27.8 Å². The van der Waals surface area contributed by atoms with Crippen LogP contribution in [-0.2, 0) is 6.42 Å². The molecule has 0 spiro atoms. The molecule has 0 saturated carbocycles. The summed E-state index contributed by atoms with van der Waals surface area (Å²) in [6, 6.07) is 8.02. The molecule has 0 unspecified atom stereocenters. The van der Waals surface area contributed by atoms with Crippen molar-refractivity contribution in [3.05, 3.63) is 35.0 Å². The third kappa shape index (κ3) is 4.24. The number of thiazole rings is 1. The fourth-order valence-corrected chi connectivity index (χ4v) is 4.39. The van der Waals surface area contributed by atoms with Gasteiger partial charge in [0.05, 0.1) is 15.6 Å². The van der Waals surface area contributed by atoms with Crippen molar-refractivity contribution in [2.75, 3.05) is 26.7 Å². The van der Waals surface area contributed by atoms with Crippen LogP contribution in [0.2, 0.25) is 0 Å². The van der Waals surface area contributed by atoms with Crippen LogP contribution in [0.5, 0.6) is 5.75 Å². The van der Waals surface area contributed by atoms with E-state index in [-0.39, 0.29) is 0 Å². The SMILES string of the molecule is Cc1nc(CCN)sc1-c1nc(-c2ccc(OC3CCN(C)CC3)cc2)n[nH]1. The van der Waals surface area contributed by atoms with E-state index < -0.39 is 0 Å². The van der Waals surface area contributed by atoms with Gasteiger partial charge in [-0.15, -0.1) is 11.3 Å². The van der Waals surface area contributed by atoms with E-state index in [9.17, 15) is 0 Å². The Balaban J connectivity index is 1.45. The number of ether oxygens (including phenoxy) is 1. The second-order valence-corrected chi connectivity index (χ2v) is 8.30. The number of H-pyrrole nitrogens is 1. The average molecular weight is 399 g/mol. The van der Waals surface area contributed by atoms with Crippen LogP contribution in [0.4, 0.5) is 0 Å². The van der Waals surface area contributed by atoms with Crippen molar-refractivity contribution in [2.45, 2.75) is 32.3 Å². The minimum atomic E-state index is 0.300. The molecule has 3 heterocycles. The first-order chi connectivity index (χ1) is 13.6. The van der Waals surface area contributed by atoms with Gasteiger partial charge in [-0.25, -0.2) is 9.97 Å². The summed E-state index contributed by atoms with van der Waals surface area (Å²) in [7, 11) is 2.16. The van der Waals surface area contributed by atoms with Crippen molar-refractivity contribution < 1.29 is 4.74 Å². The smallest absolute Gasteiger partial charge is 0.181 e. The van der Waals surface area contributed by atoms with E-state index in [1.54, 1.807) is 11.3 Å². The number of nitrogens with two attached hydrogens (primary N) is 1. The lowest BCUT2D eigenvalue weighted by Crippen LogP contribution is -2.35. The predicted molar refractivity (Wildman–Crippen MR) is 112 cm³/mol. The van der Waals surface area contributed by atoms with Crippen LogP contribution in [0.25, 0.3) is 22.1 Å². The average Bonchev–Trinajstić information content (AvgIpc) is 3.31. The summed E-state index contributed by atoms with van der Waals surface area (Å²) >= 11 is 1.62. The highest BCUT2D eigenvalue weighted by molar-refractivity contribution is 7.15. The van der Waals surface area contributed by atoms with Crippen molar-refractivity contribution in [1.29, 1.82) is 0 Å². The molecule has 0 atom stereocenters. The van der Waals surface area contributed by atoms with Gasteiger partial charge in [0, 0.05) is 25.1 Å². The maximum Gasteiger partial charge on any atom is 0.181 e. The quantitative estimate of drug-likeness (QED) is 0.663. The predicted octanol–water partition coefficient (Wildman–Crippen LogP) is 2.88. The highest BCUT2D eigenvalue weighted by Crippen LogP contribution is 2.29. The largest absolute Gasteiger partial charge is 0.490 e. The highest BCUT2D eigenvalue weighted by atomic mass is 32.1. The van der Waals surface area contributed by atoms with Crippen LogP contribution >= 0.6 is 11.3 Å². The second-order valence-electron chi connectivity index (χ2n) is 7.21.